The molecule has 128 valence electrons. The van der Waals surface area contributed by atoms with E-state index in [1.54, 1.807) is 30.3 Å². The van der Waals surface area contributed by atoms with E-state index in [1.165, 1.54) is 12.3 Å². The number of nitrogens with zero attached hydrogens (tertiary/aromatic N) is 1. The van der Waals surface area contributed by atoms with Crippen LogP contribution in [0.15, 0.2) is 42.6 Å². The number of para-hydroxylation sites is 1. The molecule has 5 heteroatoms. The first kappa shape index (κ1) is 16.9. The Morgan fingerprint density at radius 3 is 2.80 bits per heavy atom. The molecule has 0 aliphatic heterocycles. The molecule has 0 amide bonds. The van der Waals surface area contributed by atoms with Gasteiger partial charge in [0.05, 0.1) is 11.3 Å². The lowest BCUT2D eigenvalue weighted by atomic mass is 10.0. The summed E-state index contributed by atoms with van der Waals surface area (Å²) < 4.78 is 14.1. The Labute approximate surface area is 145 Å². The number of hydrogen-bond acceptors (Lipinski definition) is 4. The SMILES string of the molecule is CCCC(=O)c1cnc2c(F)cccc2c1Nc1ccc(O)cc1C. The number of phenolic OH excluding ortho intramolecular Hbond substituents is 1. The smallest absolute Gasteiger partial charge is 0.166 e. The van der Waals surface area contributed by atoms with Gasteiger partial charge >= 0.3 is 0 Å². The third-order valence-electron chi connectivity index (χ3n) is 4.10. The minimum Gasteiger partial charge on any atom is -0.508 e. The van der Waals surface area contributed by atoms with Crippen molar-refractivity contribution in [2.45, 2.75) is 26.7 Å². The van der Waals surface area contributed by atoms with E-state index in [1.807, 2.05) is 13.8 Å². The highest BCUT2D eigenvalue weighted by Gasteiger charge is 2.17. The standard InChI is InChI=1S/C20H19FN2O2/c1-3-5-18(25)15-11-22-20-14(6-4-7-16(20)21)19(15)23-17-9-8-13(24)10-12(17)2/h4,6-11,24H,3,5H2,1-2H3,(H,22,23). The number of ketones is 1. The van der Waals surface area contributed by atoms with E-state index in [0.717, 1.165) is 17.7 Å². The Kier molecular flexibility index (Phi) is 4.65. The maximum absolute atomic E-state index is 14.1. The molecule has 3 rings (SSSR count). The van der Waals surface area contributed by atoms with Crippen LogP contribution in [0.1, 0.15) is 35.7 Å². The Morgan fingerprint density at radius 2 is 2.08 bits per heavy atom. The molecule has 0 saturated carbocycles. The average molecular weight is 338 g/mol. The maximum atomic E-state index is 14.1. The third kappa shape index (κ3) is 3.31. The Bertz CT molecular complexity index is 954. The number of pyridine rings is 1. The molecule has 0 aliphatic rings. The summed E-state index contributed by atoms with van der Waals surface area (Å²) >= 11 is 0. The molecule has 1 heterocycles. The zero-order valence-corrected chi connectivity index (χ0v) is 14.1. The van der Waals surface area contributed by atoms with Gasteiger partial charge in [-0.2, -0.15) is 0 Å². The van der Waals surface area contributed by atoms with Gasteiger partial charge in [-0.3, -0.25) is 9.78 Å². The van der Waals surface area contributed by atoms with E-state index in [2.05, 4.69) is 10.3 Å². The van der Waals surface area contributed by atoms with Gasteiger partial charge in [0.2, 0.25) is 0 Å². The predicted molar refractivity (Wildman–Crippen MR) is 97.1 cm³/mol. The molecule has 0 unspecified atom stereocenters. The van der Waals surface area contributed by atoms with Crippen molar-refractivity contribution in [2.24, 2.45) is 0 Å². The second-order valence-corrected chi connectivity index (χ2v) is 5.98. The van der Waals surface area contributed by atoms with Crippen molar-refractivity contribution in [3.8, 4) is 5.75 Å². The van der Waals surface area contributed by atoms with Gasteiger partial charge in [0.25, 0.3) is 0 Å². The topological polar surface area (TPSA) is 62.2 Å². The van der Waals surface area contributed by atoms with E-state index in [-0.39, 0.29) is 17.0 Å². The molecule has 0 saturated heterocycles. The first-order chi connectivity index (χ1) is 12.0. The van der Waals surface area contributed by atoms with E-state index < -0.39 is 5.82 Å². The second-order valence-electron chi connectivity index (χ2n) is 5.98. The number of aromatic hydroxyl groups is 1. The van der Waals surface area contributed by atoms with Crippen LogP contribution < -0.4 is 5.32 Å². The number of carbonyl (C=O) groups is 1. The summed E-state index contributed by atoms with van der Waals surface area (Å²) in [5, 5.41) is 13.4. The summed E-state index contributed by atoms with van der Waals surface area (Å²) in [5.74, 6) is -0.312. The number of nitrogens with one attached hydrogen (secondary N) is 1. The molecule has 0 radical (unpaired) electrons. The first-order valence-corrected chi connectivity index (χ1v) is 8.18. The highest BCUT2D eigenvalue weighted by molar-refractivity contribution is 6.09. The first-order valence-electron chi connectivity index (χ1n) is 8.18. The molecule has 3 aromatic rings. The fraction of sp³-hybridized carbons (Fsp3) is 0.200. The minimum atomic E-state index is -0.433. The fourth-order valence-electron chi connectivity index (χ4n) is 2.82. The number of Topliss-reactive ketones (excluding diaryl/α,β-unsaturated/α-hetero) is 1. The summed E-state index contributed by atoms with van der Waals surface area (Å²) in [7, 11) is 0. The molecule has 25 heavy (non-hydrogen) atoms. The van der Waals surface area contributed by atoms with E-state index in [0.29, 0.717) is 23.1 Å². The zero-order chi connectivity index (χ0) is 18.0. The molecular formula is C20H19FN2O2. The van der Waals surface area contributed by atoms with E-state index >= 15 is 0 Å². The quantitative estimate of drug-likeness (QED) is 0.501. The number of aryl methyl sites for hydroxylation is 1. The zero-order valence-electron chi connectivity index (χ0n) is 14.1. The Morgan fingerprint density at radius 1 is 1.28 bits per heavy atom. The van der Waals surface area contributed by atoms with Gasteiger partial charge in [-0.15, -0.1) is 0 Å². The number of halogens is 1. The van der Waals surface area contributed by atoms with Crippen LogP contribution in [-0.4, -0.2) is 15.9 Å². The summed E-state index contributed by atoms with van der Waals surface area (Å²) in [5.41, 5.74) is 2.74. The van der Waals surface area contributed by atoms with Crippen molar-refractivity contribution in [3.05, 3.63) is 59.5 Å². The van der Waals surface area contributed by atoms with Crippen molar-refractivity contribution in [1.82, 2.24) is 4.98 Å². The fourth-order valence-corrected chi connectivity index (χ4v) is 2.82. The van der Waals surface area contributed by atoms with Gasteiger partial charge in [0.15, 0.2) is 5.78 Å². The molecule has 0 fully saturated rings. The number of hydrogen-bond donors (Lipinski definition) is 2. The number of benzene rings is 2. The number of phenols is 1. The van der Waals surface area contributed by atoms with E-state index in [4.69, 9.17) is 0 Å². The van der Waals surface area contributed by atoms with Gasteiger partial charge in [-0.25, -0.2) is 4.39 Å². The second kappa shape index (κ2) is 6.89. The minimum absolute atomic E-state index is 0.0416. The lowest BCUT2D eigenvalue weighted by molar-refractivity contribution is 0.0982. The van der Waals surface area contributed by atoms with Gasteiger partial charge < -0.3 is 10.4 Å². The van der Waals surface area contributed by atoms with Crippen LogP contribution in [-0.2, 0) is 0 Å². The van der Waals surface area contributed by atoms with Crippen LogP contribution in [0.5, 0.6) is 5.75 Å². The summed E-state index contributed by atoms with van der Waals surface area (Å²) in [6.07, 6.45) is 2.55. The molecule has 0 bridgehead atoms. The lowest BCUT2D eigenvalue weighted by Gasteiger charge is -2.16. The van der Waals surface area contributed by atoms with Crippen molar-refractivity contribution < 1.29 is 14.3 Å². The van der Waals surface area contributed by atoms with Crippen LogP contribution >= 0.6 is 0 Å². The number of carbonyl (C=O) groups excluding carboxylic acids is 1. The highest BCUT2D eigenvalue weighted by atomic mass is 19.1. The molecule has 0 atom stereocenters. The number of anilines is 2. The largest absolute Gasteiger partial charge is 0.508 e. The average Bonchev–Trinajstić information content (AvgIpc) is 2.58. The van der Waals surface area contributed by atoms with Gasteiger partial charge in [0.1, 0.15) is 17.1 Å². The van der Waals surface area contributed by atoms with E-state index in [9.17, 15) is 14.3 Å². The monoisotopic (exact) mass is 338 g/mol. The van der Waals surface area contributed by atoms with Crippen LogP contribution in [0.2, 0.25) is 0 Å². The molecular weight excluding hydrogens is 319 g/mol. The van der Waals surface area contributed by atoms with Crippen LogP contribution in [0.3, 0.4) is 0 Å². The van der Waals surface area contributed by atoms with Crippen LogP contribution in [0, 0.1) is 12.7 Å². The maximum Gasteiger partial charge on any atom is 0.166 e. The Balaban J connectivity index is 2.20. The van der Waals surface area contributed by atoms with Gasteiger partial charge in [-0.1, -0.05) is 19.1 Å². The molecule has 4 nitrogen and oxygen atoms in total. The van der Waals surface area contributed by atoms with Crippen LogP contribution in [0.25, 0.3) is 10.9 Å². The van der Waals surface area contributed by atoms with Crippen molar-refractivity contribution in [3.63, 3.8) is 0 Å². The lowest BCUT2D eigenvalue weighted by Crippen LogP contribution is -2.06. The predicted octanol–water partition coefficient (Wildman–Crippen LogP) is 5.11. The molecule has 2 N–H and O–H groups in total. The highest BCUT2D eigenvalue weighted by Crippen LogP contribution is 2.33. The number of rotatable bonds is 5. The van der Waals surface area contributed by atoms with Gasteiger partial charge in [0, 0.05) is 23.7 Å². The van der Waals surface area contributed by atoms with Crippen molar-refractivity contribution >= 4 is 28.1 Å². The summed E-state index contributed by atoms with van der Waals surface area (Å²) in [4.78, 5) is 16.7. The third-order valence-corrected chi connectivity index (χ3v) is 4.10. The molecule has 2 aromatic carbocycles. The number of fused-ring (bicyclic) bond motifs is 1. The Hall–Kier alpha value is -2.95. The summed E-state index contributed by atoms with van der Waals surface area (Å²) in [6, 6.07) is 9.60. The molecule has 0 aliphatic carbocycles. The summed E-state index contributed by atoms with van der Waals surface area (Å²) in [6.45, 7) is 3.78. The molecule has 0 spiro atoms. The number of aromatic nitrogens is 1. The van der Waals surface area contributed by atoms with Crippen molar-refractivity contribution in [2.75, 3.05) is 5.32 Å². The normalized spacial score (nSPS) is 10.8. The van der Waals surface area contributed by atoms with Crippen molar-refractivity contribution in [1.29, 1.82) is 0 Å². The van der Waals surface area contributed by atoms with Gasteiger partial charge in [-0.05, 0) is 43.2 Å². The van der Waals surface area contributed by atoms with Crippen LogP contribution in [0.4, 0.5) is 15.8 Å². The molecule has 1 aromatic heterocycles.